The fraction of sp³-hybridized carbons (Fsp3) is 0.345. The SMILES string of the molecule is CC(C)(C)/C(=C/CNc1ccc(Nc2ncnc(N)c2C(=N)c2ccc(C3CCNCC3)cc2)cc1)ON. The first kappa shape index (κ1) is 27.1. The van der Waals surface area contributed by atoms with E-state index < -0.39 is 0 Å². The molecule has 1 aliphatic rings. The standard InChI is InChI=1S/C29H38N8O/c1-29(2,3)24(38-32)14-17-34-22-8-10-23(11-9-22)37-28-25(27(31)35-18-36-28)26(30)21-6-4-19(5-7-21)20-12-15-33-16-13-20/h4-11,14,18,20,30,33-34H,12-13,15-17,32H2,1-3H3,(H3,31,35,36,37)/b24-14-,30-26?. The molecular formula is C29H38N8O. The number of benzene rings is 2. The highest BCUT2D eigenvalue weighted by molar-refractivity contribution is 6.16. The van der Waals surface area contributed by atoms with Gasteiger partial charge in [-0.2, -0.15) is 5.90 Å². The van der Waals surface area contributed by atoms with Gasteiger partial charge in [-0.3, -0.25) is 5.41 Å². The van der Waals surface area contributed by atoms with Crippen LogP contribution in [0.5, 0.6) is 0 Å². The molecule has 0 amide bonds. The van der Waals surface area contributed by atoms with Crippen molar-refractivity contribution in [2.24, 2.45) is 11.3 Å². The Morgan fingerprint density at radius 3 is 2.34 bits per heavy atom. The molecule has 3 aromatic rings. The van der Waals surface area contributed by atoms with E-state index in [9.17, 15) is 0 Å². The first-order valence-electron chi connectivity index (χ1n) is 12.9. The van der Waals surface area contributed by atoms with Crippen LogP contribution in [-0.4, -0.2) is 35.3 Å². The van der Waals surface area contributed by atoms with E-state index in [0.29, 0.717) is 23.8 Å². The Hall–Kier alpha value is -3.95. The van der Waals surface area contributed by atoms with Gasteiger partial charge in [0.15, 0.2) is 0 Å². The van der Waals surface area contributed by atoms with Gasteiger partial charge in [-0.25, -0.2) is 9.97 Å². The summed E-state index contributed by atoms with van der Waals surface area (Å²) >= 11 is 0. The Morgan fingerprint density at radius 1 is 1.05 bits per heavy atom. The van der Waals surface area contributed by atoms with Gasteiger partial charge in [0.1, 0.15) is 23.7 Å². The molecule has 8 N–H and O–H groups in total. The van der Waals surface area contributed by atoms with E-state index in [1.807, 2.05) is 63.2 Å². The van der Waals surface area contributed by atoms with Crippen LogP contribution in [0, 0.1) is 10.8 Å². The van der Waals surface area contributed by atoms with Gasteiger partial charge in [0.25, 0.3) is 0 Å². The van der Waals surface area contributed by atoms with Crippen molar-refractivity contribution in [3.63, 3.8) is 0 Å². The maximum Gasteiger partial charge on any atom is 0.145 e. The third-order valence-corrected chi connectivity index (χ3v) is 6.74. The zero-order valence-electron chi connectivity index (χ0n) is 22.3. The van der Waals surface area contributed by atoms with Crippen molar-refractivity contribution < 1.29 is 4.84 Å². The van der Waals surface area contributed by atoms with Crippen molar-refractivity contribution in [2.45, 2.75) is 39.5 Å². The number of nitrogens with zero attached hydrogens (tertiary/aromatic N) is 2. The highest BCUT2D eigenvalue weighted by Crippen LogP contribution is 2.29. The third-order valence-electron chi connectivity index (χ3n) is 6.74. The van der Waals surface area contributed by atoms with E-state index in [2.05, 4.69) is 38.1 Å². The second kappa shape index (κ2) is 12.1. The third kappa shape index (κ3) is 6.67. The van der Waals surface area contributed by atoms with Gasteiger partial charge in [0.05, 0.1) is 11.3 Å². The van der Waals surface area contributed by atoms with E-state index in [4.69, 9.17) is 21.9 Å². The minimum absolute atomic E-state index is 0.163. The van der Waals surface area contributed by atoms with Crippen LogP contribution in [0.4, 0.5) is 23.0 Å². The Bertz CT molecular complexity index is 1260. The van der Waals surface area contributed by atoms with Crippen molar-refractivity contribution in [2.75, 3.05) is 36.0 Å². The van der Waals surface area contributed by atoms with Crippen molar-refractivity contribution >= 4 is 28.7 Å². The summed E-state index contributed by atoms with van der Waals surface area (Å²) < 4.78 is 0. The summed E-state index contributed by atoms with van der Waals surface area (Å²) in [5.74, 6) is 7.44. The summed E-state index contributed by atoms with van der Waals surface area (Å²) in [7, 11) is 0. The lowest BCUT2D eigenvalue weighted by atomic mass is 9.89. The molecule has 0 radical (unpaired) electrons. The molecule has 9 heteroatoms. The highest BCUT2D eigenvalue weighted by Gasteiger charge is 2.19. The summed E-state index contributed by atoms with van der Waals surface area (Å²) in [6.07, 6.45) is 5.61. The minimum Gasteiger partial charge on any atom is -0.416 e. The maximum atomic E-state index is 8.89. The number of allylic oxidation sites excluding steroid dienone is 1. The Balaban J connectivity index is 1.45. The van der Waals surface area contributed by atoms with E-state index in [0.717, 1.165) is 48.6 Å². The molecule has 2 aromatic carbocycles. The number of piperidine rings is 1. The number of anilines is 4. The van der Waals surface area contributed by atoms with Gasteiger partial charge in [-0.15, -0.1) is 0 Å². The minimum atomic E-state index is -0.163. The predicted octanol–water partition coefficient (Wildman–Crippen LogP) is 4.92. The van der Waals surface area contributed by atoms with Gasteiger partial charge in [0.2, 0.25) is 0 Å². The monoisotopic (exact) mass is 514 g/mol. The summed E-state index contributed by atoms with van der Waals surface area (Å²) in [5, 5.41) is 18.9. The van der Waals surface area contributed by atoms with Gasteiger partial charge in [0, 0.05) is 28.9 Å². The number of nitrogens with one attached hydrogen (secondary N) is 4. The van der Waals surface area contributed by atoms with Crippen LogP contribution in [0.2, 0.25) is 0 Å². The first-order chi connectivity index (χ1) is 18.3. The molecule has 1 aromatic heterocycles. The fourth-order valence-electron chi connectivity index (χ4n) is 4.56. The van der Waals surface area contributed by atoms with Gasteiger partial charge >= 0.3 is 0 Å². The Labute approximate surface area is 224 Å². The average molecular weight is 515 g/mol. The molecule has 1 saturated heterocycles. The second-order valence-electron chi connectivity index (χ2n) is 10.5. The molecule has 1 fully saturated rings. The molecule has 0 spiro atoms. The van der Waals surface area contributed by atoms with Crippen LogP contribution < -0.4 is 27.6 Å². The zero-order chi connectivity index (χ0) is 27.1. The van der Waals surface area contributed by atoms with Crippen LogP contribution >= 0.6 is 0 Å². The van der Waals surface area contributed by atoms with E-state index in [1.54, 1.807) is 0 Å². The lowest BCUT2D eigenvalue weighted by molar-refractivity contribution is 0.155. The summed E-state index contributed by atoms with van der Waals surface area (Å²) in [4.78, 5) is 13.6. The van der Waals surface area contributed by atoms with E-state index >= 15 is 0 Å². The molecule has 0 bridgehead atoms. The number of aromatic nitrogens is 2. The van der Waals surface area contributed by atoms with Crippen LogP contribution in [0.3, 0.4) is 0 Å². The predicted molar refractivity (Wildman–Crippen MR) is 155 cm³/mol. The zero-order valence-corrected chi connectivity index (χ0v) is 22.3. The van der Waals surface area contributed by atoms with Gasteiger partial charge in [-0.1, -0.05) is 45.0 Å². The van der Waals surface area contributed by atoms with Crippen molar-refractivity contribution in [3.8, 4) is 0 Å². The smallest absolute Gasteiger partial charge is 0.145 e. The molecule has 0 atom stereocenters. The summed E-state index contributed by atoms with van der Waals surface area (Å²) in [5.41, 5.74) is 10.7. The lowest BCUT2D eigenvalue weighted by Crippen LogP contribution is -2.26. The number of nitrogen functional groups attached to an aromatic ring is 1. The van der Waals surface area contributed by atoms with Crippen molar-refractivity contribution in [1.29, 1.82) is 5.41 Å². The van der Waals surface area contributed by atoms with Crippen LogP contribution in [0.15, 0.2) is 66.7 Å². The van der Waals surface area contributed by atoms with Crippen LogP contribution in [-0.2, 0) is 4.84 Å². The summed E-state index contributed by atoms with van der Waals surface area (Å²) in [6, 6.07) is 16.0. The Morgan fingerprint density at radius 2 is 1.71 bits per heavy atom. The van der Waals surface area contributed by atoms with Crippen molar-refractivity contribution in [1.82, 2.24) is 15.3 Å². The molecule has 1 aliphatic heterocycles. The largest absolute Gasteiger partial charge is 0.416 e. The van der Waals surface area contributed by atoms with E-state index in [-0.39, 0.29) is 16.9 Å². The molecule has 9 nitrogen and oxygen atoms in total. The molecular weight excluding hydrogens is 476 g/mol. The second-order valence-corrected chi connectivity index (χ2v) is 10.5. The number of hydrogen-bond acceptors (Lipinski definition) is 9. The van der Waals surface area contributed by atoms with Crippen LogP contribution in [0.25, 0.3) is 0 Å². The summed E-state index contributed by atoms with van der Waals surface area (Å²) in [6.45, 7) is 8.81. The normalized spacial score (nSPS) is 14.7. The number of hydrogen-bond donors (Lipinski definition) is 6. The quantitative estimate of drug-likeness (QED) is 0.134. The van der Waals surface area contributed by atoms with E-state index in [1.165, 1.54) is 11.9 Å². The van der Waals surface area contributed by atoms with Gasteiger partial charge in [-0.05, 0) is 67.8 Å². The maximum absolute atomic E-state index is 8.89. The van der Waals surface area contributed by atoms with Crippen molar-refractivity contribution in [3.05, 3.63) is 83.4 Å². The molecule has 2 heterocycles. The molecule has 0 aliphatic carbocycles. The van der Waals surface area contributed by atoms with Gasteiger partial charge < -0.3 is 26.5 Å². The fourth-order valence-corrected chi connectivity index (χ4v) is 4.56. The first-order valence-corrected chi connectivity index (χ1v) is 12.9. The van der Waals surface area contributed by atoms with Crippen LogP contribution in [0.1, 0.15) is 56.2 Å². The molecule has 38 heavy (non-hydrogen) atoms. The molecule has 200 valence electrons. The topological polar surface area (TPSA) is 147 Å². The number of nitrogens with two attached hydrogens (primary N) is 2. The molecule has 4 rings (SSSR count). The highest BCUT2D eigenvalue weighted by atomic mass is 16.6. The molecule has 0 saturated carbocycles. The average Bonchev–Trinajstić information content (AvgIpc) is 2.92. The Kier molecular flexibility index (Phi) is 8.60. The number of rotatable bonds is 9. The molecule has 0 unspecified atom stereocenters. The lowest BCUT2D eigenvalue weighted by Gasteiger charge is -2.23.